The molecule has 1 atom stereocenters. The highest BCUT2D eigenvalue weighted by Crippen LogP contribution is 2.16. The second-order valence-corrected chi connectivity index (χ2v) is 7.23. The average Bonchev–Trinajstić information content (AvgIpc) is 2.33. The molecule has 0 amide bonds. The molecule has 0 spiro atoms. The second kappa shape index (κ2) is 9.02. The summed E-state index contributed by atoms with van der Waals surface area (Å²) in [5.41, 5.74) is 3.57. The van der Waals surface area contributed by atoms with Crippen molar-refractivity contribution in [2.24, 2.45) is 5.92 Å². The van der Waals surface area contributed by atoms with Gasteiger partial charge in [-0.2, -0.15) is 0 Å². The second-order valence-electron chi connectivity index (χ2n) is 6.17. The Hall–Kier alpha value is -0.0200. The molecule has 114 valence electrons. The Morgan fingerprint density at radius 3 is 2.37 bits per heavy atom. The van der Waals surface area contributed by atoms with Crippen molar-refractivity contribution in [3.63, 3.8) is 0 Å². The van der Waals surface area contributed by atoms with E-state index in [1.54, 1.807) is 0 Å². The standard InChI is InChI=1S/C14H32N3OP/c1-12(2)8-9-17(15-5)11-14(3,4)16(6)10-13(18)19-7/h12,15,19H,8-11H2,1-7H3. The molecular formula is C14H32N3OP. The van der Waals surface area contributed by atoms with Gasteiger partial charge in [0.15, 0.2) is 5.52 Å². The number of carbonyl (C=O) groups is 1. The number of likely N-dealkylation sites (N-methyl/N-ethyl adjacent to an activating group) is 1. The molecule has 0 radical (unpaired) electrons. The summed E-state index contributed by atoms with van der Waals surface area (Å²) in [6.07, 6.45) is 1.18. The third kappa shape index (κ3) is 7.98. The van der Waals surface area contributed by atoms with Gasteiger partial charge < -0.3 is 0 Å². The molecule has 1 unspecified atom stereocenters. The highest BCUT2D eigenvalue weighted by molar-refractivity contribution is 7.57. The highest BCUT2D eigenvalue weighted by Gasteiger charge is 2.27. The van der Waals surface area contributed by atoms with Crippen molar-refractivity contribution >= 4 is 14.1 Å². The first kappa shape index (κ1) is 19.0. The van der Waals surface area contributed by atoms with E-state index in [0.717, 1.165) is 13.1 Å². The Morgan fingerprint density at radius 2 is 1.95 bits per heavy atom. The van der Waals surface area contributed by atoms with Gasteiger partial charge in [0.25, 0.3) is 0 Å². The third-order valence-electron chi connectivity index (χ3n) is 3.56. The monoisotopic (exact) mass is 289 g/mol. The topological polar surface area (TPSA) is 35.6 Å². The van der Waals surface area contributed by atoms with Gasteiger partial charge in [0.2, 0.25) is 0 Å². The summed E-state index contributed by atoms with van der Waals surface area (Å²) in [7, 11) is 4.39. The Kier molecular flexibility index (Phi) is 9.01. The van der Waals surface area contributed by atoms with E-state index < -0.39 is 0 Å². The zero-order valence-corrected chi connectivity index (χ0v) is 14.7. The van der Waals surface area contributed by atoms with Crippen molar-refractivity contribution in [1.29, 1.82) is 0 Å². The molecule has 0 saturated heterocycles. The maximum atomic E-state index is 11.6. The van der Waals surface area contributed by atoms with Crippen molar-refractivity contribution in [2.75, 3.05) is 40.4 Å². The Bertz CT molecular complexity index is 269. The number of rotatable bonds is 10. The van der Waals surface area contributed by atoms with Crippen LogP contribution in [-0.2, 0) is 4.79 Å². The van der Waals surface area contributed by atoms with E-state index in [1.807, 2.05) is 20.8 Å². The minimum Gasteiger partial charge on any atom is -0.293 e. The lowest BCUT2D eigenvalue weighted by atomic mass is 10.0. The maximum Gasteiger partial charge on any atom is 0.164 e. The molecule has 0 heterocycles. The van der Waals surface area contributed by atoms with Crippen LogP contribution in [-0.4, -0.2) is 61.4 Å². The van der Waals surface area contributed by atoms with Crippen molar-refractivity contribution in [2.45, 2.75) is 39.7 Å². The van der Waals surface area contributed by atoms with Crippen LogP contribution in [0.1, 0.15) is 34.1 Å². The molecule has 0 fully saturated rings. The predicted octanol–water partition coefficient (Wildman–Crippen LogP) is 2.01. The molecule has 0 aliphatic carbocycles. The smallest absolute Gasteiger partial charge is 0.164 e. The Balaban J connectivity index is 4.40. The van der Waals surface area contributed by atoms with Gasteiger partial charge in [-0.15, -0.1) is 0 Å². The van der Waals surface area contributed by atoms with Gasteiger partial charge >= 0.3 is 0 Å². The van der Waals surface area contributed by atoms with E-state index in [4.69, 9.17) is 0 Å². The lowest BCUT2D eigenvalue weighted by Gasteiger charge is -2.39. The van der Waals surface area contributed by atoms with Crippen LogP contribution >= 0.6 is 8.58 Å². The fraction of sp³-hybridized carbons (Fsp3) is 0.929. The molecule has 0 aromatic heterocycles. The van der Waals surface area contributed by atoms with E-state index in [1.165, 1.54) is 6.42 Å². The lowest BCUT2D eigenvalue weighted by molar-refractivity contribution is -0.113. The Labute approximate surface area is 121 Å². The normalized spacial score (nSPS) is 13.4. The van der Waals surface area contributed by atoms with E-state index in [9.17, 15) is 4.79 Å². The Morgan fingerprint density at radius 1 is 1.37 bits per heavy atom. The molecule has 0 aliphatic heterocycles. The van der Waals surface area contributed by atoms with Crippen LogP contribution in [0.3, 0.4) is 0 Å². The third-order valence-corrected chi connectivity index (χ3v) is 4.28. The minimum absolute atomic E-state index is 0.0186. The number of hydrazine groups is 1. The van der Waals surface area contributed by atoms with E-state index >= 15 is 0 Å². The zero-order valence-electron chi connectivity index (χ0n) is 13.7. The summed E-state index contributed by atoms with van der Waals surface area (Å²) in [4.78, 5) is 13.7. The summed E-state index contributed by atoms with van der Waals surface area (Å²) in [6, 6.07) is 0. The van der Waals surface area contributed by atoms with Crippen LogP contribution in [0.5, 0.6) is 0 Å². The maximum absolute atomic E-state index is 11.6. The zero-order chi connectivity index (χ0) is 15.1. The molecule has 5 heteroatoms. The van der Waals surface area contributed by atoms with Gasteiger partial charge in [-0.05, 0) is 46.9 Å². The summed E-state index contributed by atoms with van der Waals surface area (Å²) in [5.74, 6) is 0.708. The summed E-state index contributed by atoms with van der Waals surface area (Å²) < 4.78 is 0. The number of carbonyl (C=O) groups excluding carboxylic acids is 1. The minimum atomic E-state index is -0.0186. The van der Waals surface area contributed by atoms with E-state index in [2.05, 4.69) is 43.0 Å². The van der Waals surface area contributed by atoms with Crippen molar-refractivity contribution in [1.82, 2.24) is 15.3 Å². The predicted molar refractivity (Wildman–Crippen MR) is 86.0 cm³/mol. The van der Waals surface area contributed by atoms with Gasteiger partial charge in [0, 0.05) is 18.6 Å². The molecule has 19 heavy (non-hydrogen) atoms. The average molecular weight is 289 g/mol. The number of hydrogen-bond acceptors (Lipinski definition) is 4. The molecule has 0 aliphatic rings. The number of hydrogen-bond donors (Lipinski definition) is 1. The van der Waals surface area contributed by atoms with Gasteiger partial charge in [-0.1, -0.05) is 22.4 Å². The highest BCUT2D eigenvalue weighted by atomic mass is 31.1. The molecule has 0 aromatic carbocycles. The van der Waals surface area contributed by atoms with E-state index in [0.29, 0.717) is 26.6 Å². The quantitative estimate of drug-likeness (QED) is 0.493. The molecule has 0 bridgehead atoms. The SMILES string of the molecule is CNN(CCC(C)C)CC(C)(C)N(C)CC(=O)PC. The lowest BCUT2D eigenvalue weighted by Crippen LogP contribution is -2.54. The fourth-order valence-corrected chi connectivity index (χ4v) is 2.18. The van der Waals surface area contributed by atoms with Crippen LogP contribution in [0.4, 0.5) is 0 Å². The van der Waals surface area contributed by atoms with E-state index in [-0.39, 0.29) is 5.54 Å². The van der Waals surface area contributed by atoms with Gasteiger partial charge in [-0.3, -0.25) is 15.1 Å². The van der Waals surface area contributed by atoms with Crippen molar-refractivity contribution in [3.05, 3.63) is 0 Å². The molecule has 0 saturated carbocycles. The largest absolute Gasteiger partial charge is 0.293 e. The number of nitrogens with zero attached hydrogens (tertiary/aromatic N) is 2. The first-order valence-electron chi connectivity index (χ1n) is 7.07. The molecule has 0 aromatic rings. The first-order chi connectivity index (χ1) is 8.72. The van der Waals surface area contributed by atoms with Crippen molar-refractivity contribution in [3.8, 4) is 0 Å². The first-order valence-corrected chi connectivity index (χ1v) is 8.57. The van der Waals surface area contributed by atoms with Crippen LogP contribution < -0.4 is 5.43 Å². The van der Waals surface area contributed by atoms with Crippen LogP contribution in [0, 0.1) is 5.92 Å². The van der Waals surface area contributed by atoms with Crippen LogP contribution in [0.2, 0.25) is 0 Å². The van der Waals surface area contributed by atoms with Crippen LogP contribution in [0.15, 0.2) is 0 Å². The summed E-state index contributed by atoms with van der Waals surface area (Å²) in [6.45, 7) is 13.3. The van der Waals surface area contributed by atoms with Gasteiger partial charge in [0.05, 0.1) is 6.54 Å². The van der Waals surface area contributed by atoms with Crippen molar-refractivity contribution < 1.29 is 4.79 Å². The summed E-state index contributed by atoms with van der Waals surface area (Å²) in [5, 5.41) is 2.25. The summed E-state index contributed by atoms with van der Waals surface area (Å²) >= 11 is 0. The fourth-order valence-electron chi connectivity index (χ4n) is 1.78. The molecule has 1 N–H and O–H groups in total. The van der Waals surface area contributed by atoms with Gasteiger partial charge in [0.1, 0.15) is 0 Å². The van der Waals surface area contributed by atoms with Gasteiger partial charge in [-0.25, -0.2) is 5.01 Å². The molecular weight excluding hydrogens is 257 g/mol. The van der Waals surface area contributed by atoms with Crippen LogP contribution in [0.25, 0.3) is 0 Å². The number of nitrogens with one attached hydrogen (secondary N) is 1. The molecule has 0 rings (SSSR count). The molecule has 4 nitrogen and oxygen atoms in total.